The van der Waals surface area contributed by atoms with Crippen LogP contribution in [0.5, 0.6) is 0 Å². The monoisotopic (exact) mass is 454 g/mol. The van der Waals surface area contributed by atoms with Gasteiger partial charge in [0.25, 0.3) is 0 Å². The summed E-state index contributed by atoms with van der Waals surface area (Å²) < 4.78 is 1.80. The lowest BCUT2D eigenvalue weighted by molar-refractivity contribution is -0.135. The van der Waals surface area contributed by atoms with Gasteiger partial charge in [0.05, 0.1) is 17.9 Å². The zero-order valence-electron chi connectivity index (χ0n) is 21.6. The van der Waals surface area contributed by atoms with Crippen molar-refractivity contribution in [2.75, 3.05) is 18.4 Å². The van der Waals surface area contributed by atoms with Crippen LogP contribution in [0.1, 0.15) is 84.9 Å². The predicted octanol–water partition coefficient (Wildman–Crippen LogP) is 5.87. The van der Waals surface area contributed by atoms with Gasteiger partial charge in [-0.2, -0.15) is 5.10 Å². The molecule has 0 saturated carbocycles. The van der Waals surface area contributed by atoms with Gasteiger partial charge in [-0.1, -0.05) is 72.6 Å². The molecule has 1 N–H and O–H groups in total. The van der Waals surface area contributed by atoms with Gasteiger partial charge in [-0.25, -0.2) is 4.68 Å². The van der Waals surface area contributed by atoms with Gasteiger partial charge in [-0.3, -0.25) is 9.59 Å². The van der Waals surface area contributed by atoms with Crippen LogP contribution in [-0.2, 0) is 15.0 Å². The first-order chi connectivity index (χ1) is 15.5. The first-order valence-corrected chi connectivity index (χ1v) is 12.3. The minimum absolute atomic E-state index is 0.0570. The molecule has 0 aliphatic heterocycles. The molecule has 1 aromatic heterocycles. The number of carbonyl (C=O) groups excluding carboxylic acids is 2. The summed E-state index contributed by atoms with van der Waals surface area (Å²) in [6.45, 7) is 15.4. The van der Waals surface area contributed by atoms with Crippen molar-refractivity contribution in [2.45, 2.75) is 86.0 Å². The number of rotatable bonds is 11. The highest BCUT2D eigenvalue weighted by atomic mass is 16.2. The normalized spacial score (nSPS) is 11.6. The van der Waals surface area contributed by atoms with Crippen molar-refractivity contribution in [3.63, 3.8) is 0 Å². The van der Waals surface area contributed by atoms with E-state index in [-0.39, 0.29) is 23.8 Å². The molecule has 1 aromatic carbocycles. The standard InChI is InChI=1S/C27H42N4O2/c1-8-9-10-15-26(33)30(17-16-20(2)3)19-25(32)28-24-18-23(27(5,6)7)29-31(24)22-14-12-11-13-21(22)4/h11-14,18,20H,8-10,15-17,19H2,1-7H3,(H,28,32). The van der Waals surface area contributed by atoms with Crippen molar-refractivity contribution in [1.82, 2.24) is 14.7 Å². The Balaban J connectivity index is 2.24. The van der Waals surface area contributed by atoms with Gasteiger partial charge in [0.15, 0.2) is 0 Å². The van der Waals surface area contributed by atoms with E-state index >= 15 is 0 Å². The summed E-state index contributed by atoms with van der Waals surface area (Å²) in [5, 5.41) is 7.85. The van der Waals surface area contributed by atoms with Gasteiger partial charge < -0.3 is 10.2 Å². The van der Waals surface area contributed by atoms with Gasteiger partial charge >= 0.3 is 0 Å². The number of hydrogen-bond acceptors (Lipinski definition) is 3. The Labute approximate surface area is 199 Å². The highest BCUT2D eigenvalue weighted by Crippen LogP contribution is 2.27. The second-order valence-electron chi connectivity index (χ2n) is 10.4. The fraction of sp³-hybridized carbons (Fsp3) is 0.593. The topological polar surface area (TPSA) is 67.2 Å². The quantitative estimate of drug-likeness (QED) is 0.432. The average Bonchev–Trinajstić information content (AvgIpc) is 3.15. The lowest BCUT2D eigenvalue weighted by Crippen LogP contribution is -2.39. The molecule has 0 atom stereocenters. The zero-order chi connectivity index (χ0) is 24.6. The number of benzene rings is 1. The maximum absolute atomic E-state index is 13.1. The Hall–Kier alpha value is -2.63. The summed E-state index contributed by atoms with van der Waals surface area (Å²) in [4.78, 5) is 27.6. The Bertz CT molecular complexity index is 924. The van der Waals surface area contributed by atoms with E-state index in [4.69, 9.17) is 5.10 Å². The molecular weight excluding hydrogens is 412 g/mol. The van der Waals surface area contributed by atoms with Crippen molar-refractivity contribution in [3.8, 4) is 5.69 Å². The Morgan fingerprint density at radius 2 is 1.85 bits per heavy atom. The molecule has 0 spiro atoms. The SMILES string of the molecule is CCCCCC(=O)N(CCC(C)C)CC(=O)Nc1cc(C(C)(C)C)nn1-c1ccccc1C. The molecule has 2 amide bonds. The van der Waals surface area contributed by atoms with Crippen molar-refractivity contribution < 1.29 is 9.59 Å². The molecule has 0 saturated heterocycles. The van der Waals surface area contributed by atoms with E-state index < -0.39 is 0 Å². The first kappa shape index (κ1) is 26.6. The van der Waals surface area contributed by atoms with Crippen molar-refractivity contribution in [3.05, 3.63) is 41.6 Å². The van der Waals surface area contributed by atoms with Crippen LogP contribution in [0.25, 0.3) is 5.69 Å². The van der Waals surface area contributed by atoms with Gasteiger partial charge in [0, 0.05) is 24.4 Å². The number of aromatic nitrogens is 2. The van der Waals surface area contributed by atoms with Crippen LogP contribution in [0.2, 0.25) is 0 Å². The second kappa shape index (κ2) is 12.0. The van der Waals surface area contributed by atoms with Gasteiger partial charge in [-0.05, 0) is 37.3 Å². The summed E-state index contributed by atoms with van der Waals surface area (Å²) in [7, 11) is 0. The molecular formula is C27H42N4O2. The lowest BCUT2D eigenvalue weighted by atomic mass is 9.92. The molecule has 1 heterocycles. The number of amides is 2. The number of nitrogens with zero attached hydrogens (tertiary/aromatic N) is 3. The maximum Gasteiger partial charge on any atom is 0.245 e. The summed E-state index contributed by atoms with van der Waals surface area (Å²) in [5.41, 5.74) is 2.73. The molecule has 0 radical (unpaired) electrons. The van der Waals surface area contributed by atoms with Crippen molar-refractivity contribution in [2.24, 2.45) is 5.92 Å². The predicted molar refractivity (Wildman–Crippen MR) is 136 cm³/mol. The minimum Gasteiger partial charge on any atom is -0.333 e. The molecule has 0 unspecified atom stereocenters. The van der Waals surface area contributed by atoms with Crippen LogP contribution in [0, 0.1) is 12.8 Å². The van der Waals surface area contributed by atoms with Crippen LogP contribution in [0.15, 0.2) is 30.3 Å². The van der Waals surface area contributed by atoms with E-state index in [9.17, 15) is 9.59 Å². The van der Waals surface area contributed by atoms with Crippen LogP contribution < -0.4 is 5.32 Å². The third-order valence-electron chi connectivity index (χ3n) is 5.75. The second-order valence-corrected chi connectivity index (χ2v) is 10.4. The zero-order valence-corrected chi connectivity index (χ0v) is 21.6. The average molecular weight is 455 g/mol. The van der Waals surface area contributed by atoms with Gasteiger partial charge in [-0.15, -0.1) is 0 Å². The van der Waals surface area contributed by atoms with Crippen LogP contribution in [0.4, 0.5) is 5.82 Å². The van der Waals surface area contributed by atoms with Crippen LogP contribution in [0.3, 0.4) is 0 Å². The molecule has 6 nitrogen and oxygen atoms in total. The van der Waals surface area contributed by atoms with Gasteiger partial charge in [0.2, 0.25) is 11.8 Å². The number of aryl methyl sites for hydroxylation is 1. The summed E-state index contributed by atoms with van der Waals surface area (Å²) in [5.74, 6) is 0.956. The van der Waals surface area contributed by atoms with E-state index in [0.29, 0.717) is 24.7 Å². The number of para-hydroxylation sites is 1. The third-order valence-corrected chi connectivity index (χ3v) is 5.75. The molecule has 6 heteroatoms. The number of carbonyl (C=O) groups is 2. The Morgan fingerprint density at radius 3 is 2.45 bits per heavy atom. The minimum atomic E-state index is -0.196. The first-order valence-electron chi connectivity index (χ1n) is 12.3. The Morgan fingerprint density at radius 1 is 1.15 bits per heavy atom. The molecule has 2 aromatic rings. The van der Waals surface area contributed by atoms with Crippen molar-refractivity contribution in [1.29, 1.82) is 0 Å². The van der Waals surface area contributed by atoms with Crippen LogP contribution in [-0.4, -0.2) is 39.6 Å². The molecule has 0 aliphatic carbocycles. The lowest BCUT2D eigenvalue weighted by Gasteiger charge is -2.23. The van der Waals surface area contributed by atoms with Gasteiger partial charge in [0.1, 0.15) is 5.82 Å². The molecule has 0 aliphatic rings. The third kappa shape index (κ3) is 8.02. The summed E-state index contributed by atoms with van der Waals surface area (Å²) >= 11 is 0. The molecule has 182 valence electrons. The summed E-state index contributed by atoms with van der Waals surface area (Å²) in [6.07, 6.45) is 4.33. The number of hydrogen-bond donors (Lipinski definition) is 1. The number of anilines is 1. The van der Waals surface area contributed by atoms with E-state index in [2.05, 4.69) is 46.9 Å². The number of nitrogens with one attached hydrogen (secondary N) is 1. The van der Waals surface area contributed by atoms with E-state index in [1.807, 2.05) is 37.3 Å². The molecule has 33 heavy (non-hydrogen) atoms. The highest BCUT2D eigenvalue weighted by molar-refractivity contribution is 5.94. The van der Waals surface area contributed by atoms with Crippen molar-refractivity contribution >= 4 is 17.6 Å². The largest absolute Gasteiger partial charge is 0.333 e. The Kier molecular flexibility index (Phi) is 9.69. The van der Waals surface area contributed by atoms with E-state index in [1.54, 1.807) is 9.58 Å². The van der Waals surface area contributed by atoms with E-state index in [1.165, 1.54) is 0 Å². The highest BCUT2D eigenvalue weighted by Gasteiger charge is 2.23. The van der Waals surface area contributed by atoms with Crippen LogP contribution >= 0.6 is 0 Å². The van der Waals surface area contributed by atoms with E-state index in [0.717, 1.165) is 42.6 Å². The number of unbranched alkanes of at least 4 members (excludes halogenated alkanes) is 2. The fourth-order valence-electron chi connectivity index (χ4n) is 3.57. The smallest absolute Gasteiger partial charge is 0.245 e. The fourth-order valence-corrected chi connectivity index (χ4v) is 3.57. The maximum atomic E-state index is 13.1. The molecule has 2 rings (SSSR count). The summed E-state index contributed by atoms with van der Waals surface area (Å²) in [6, 6.07) is 9.92. The molecule has 0 fully saturated rings. The molecule has 0 bridgehead atoms.